The van der Waals surface area contributed by atoms with E-state index in [9.17, 15) is 20.1 Å². The molecule has 0 heterocycles. The summed E-state index contributed by atoms with van der Waals surface area (Å²) < 4.78 is 0. The molecule has 4 N–H and O–H groups in total. The van der Waals surface area contributed by atoms with Crippen LogP contribution < -0.4 is 5.32 Å². The lowest BCUT2D eigenvalue weighted by Gasteiger charge is -2.23. The number of allylic oxidation sites excluding steroid dienone is 2. The highest BCUT2D eigenvalue weighted by atomic mass is 16.3. The molecule has 0 aromatic rings. The smallest absolute Gasteiger partial charge is 0.222 e. The van der Waals surface area contributed by atoms with Gasteiger partial charge >= 0.3 is 0 Å². The third kappa shape index (κ3) is 48.4. The van der Waals surface area contributed by atoms with Gasteiger partial charge in [0.05, 0.1) is 31.3 Å². The Morgan fingerprint density at radius 3 is 0.951 bits per heavy atom. The molecular weight excluding hydrogens is 751 g/mol. The lowest BCUT2D eigenvalue weighted by atomic mass is 10.0. The van der Waals surface area contributed by atoms with Crippen molar-refractivity contribution in [1.82, 2.24) is 5.32 Å². The third-order valence-electron chi connectivity index (χ3n) is 13.3. The zero-order valence-corrected chi connectivity index (χ0v) is 41.6. The molecule has 0 saturated carbocycles. The van der Waals surface area contributed by atoms with Crippen LogP contribution in [-0.4, -0.2) is 46.1 Å². The highest BCUT2D eigenvalue weighted by molar-refractivity contribution is 5.76. The van der Waals surface area contributed by atoms with E-state index in [4.69, 9.17) is 0 Å². The summed E-state index contributed by atoms with van der Waals surface area (Å²) in [5.41, 5.74) is 0. The zero-order chi connectivity index (χ0) is 44.4. The fraction of sp³-hybridized carbons (Fsp3) is 0.946. The van der Waals surface area contributed by atoms with Crippen molar-refractivity contribution in [2.24, 2.45) is 0 Å². The average Bonchev–Trinajstić information content (AvgIpc) is 3.25. The van der Waals surface area contributed by atoms with Crippen LogP contribution in [0.1, 0.15) is 316 Å². The van der Waals surface area contributed by atoms with Crippen molar-refractivity contribution >= 4 is 5.91 Å². The Labute approximate surface area is 382 Å². The van der Waals surface area contributed by atoms with Crippen molar-refractivity contribution in [2.45, 2.75) is 334 Å². The van der Waals surface area contributed by atoms with Gasteiger partial charge in [-0.15, -0.1) is 0 Å². The highest BCUT2D eigenvalue weighted by Crippen LogP contribution is 2.18. The Kier molecular flexibility index (Phi) is 51.0. The van der Waals surface area contributed by atoms with Crippen molar-refractivity contribution in [3.05, 3.63) is 12.2 Å². The monoisotopic (exact) mass is 862 g/mol. The van der Waals surface area contributed by atoms with E-state index in [0.717, 1.165) is 25.7 Å². The number of unbranched alkanes of at least 4 members (excludes halogenated alkanes) is 41. The summed E-state index contributed by atoms with van der Waals surface area (Å²) in [5.74, 6) is -0.282. The SMILES string of the molecule is CCCCCCCCCCCCCC/C=C\CCCCCCCC(O)CC(=O)NC(CO)C(O)CCCCCCCCCCCCCCCCCCCCCCCCCCC. The van der Waals surface area contributed by atoms with E-state index in [1.807, 2.05) is 0 Å². The molecule has 0 aliphatic carbocycles. The number of aliphatic hydroxyl groups excluding tert-OH is 3. The number of hydrogen-bond donors (Lipinski definition) is 4. The van der Waals surface area contributed by atoms with Crippen LogP contribution >= 0.6 is 0 Å². The van der Waals surface area contributed by atoms with Crippen LogP contribution in [0.4, 0.5) is 0 Å². The van der Waals surface area contributed by atoms with E-state index < -0.39 is 18.2 Å². The molecular formula is C56H111NO4. The summed E-state index contributed by atoms with van der Waals surface area (Å²) in [7, 11) is 0. The molecule has 0 spiro atoms. The van der Waals surface area contributed by atoms with Gasteiger partial charge in [-0.3, -0.25) is 4.79 Å². The molecule has 0 radical (unpaired) electrons. The Morgan fingerprint density at radius 1 is 0.393 bits per heavy atom. The minimum absolute atomic E-state index is 0.0344. The van der Waals surface area contributed by atoms with E-state index in [1.54, 1.807) is 0 Å². The van der Waals surface area contributed by atoms with Gasteiger partial charge in [0.15, 0.2) is 0 Å². The molecule has 364 valence electrons. The molecule has 0 saturated heterocycles. The van der Waals surface area contributed by atoms with Gasteiger partial charge in [-0.1, -0.05) is 283 Å². The molecule has 0 aliphatic rings. The summed E-state index contributed by atoms with van der Waals surface area (Å²) in [6.45, 7) is 4.30. The highest BCUT2D eigenvalue weighted by Gasteiger charge is 2.21. The van der Waals surface area contributed by atoms with Crippen LogP contribution in [0.5, 0.6) is 0 Å². The van der Waals surface area contributed by atoms with Crippen molar-refractivity contribution in [1.29, 1.82) is 0 Å². The topological polar surface area (TPSA) is 89.8 Å². The van der Waals surface area contributed by atoms with Crippen molar-refractivity contribution in [3.8, 4) is 0 Å². The second-order valence-electron chi connectivity index (χ2n) is 19.6. The maximum absolute atomic E-state index is 12.5. The van der Waals surface area contributed by atoms with E-state index in [-0.39, 0.29) is 18.9 Å². The first-order chi connectivity index (χ1) is 30.0. The second kappa shape index (κ2) is 51.7. The first-order valence-corrected chi connectivity index (χ1v) is 28.0. The van der Waals surface area contributed by atoms with E-state index >= 15 is 0 Å². The lowest BCUT2D eigenvalue weighted by molar-refractivity contribution is -0.125. The predicted molar refractivity (Wildman–Crippen MR) is 269 cm³/mol. The molecule has 0 aromatic carbocycles. The van der Waals surface area contributed by atoms with Crippen LogP contribution in [0.3, 0.4) is 0 Å². The molecule has 0 fully saturated rings. The summed E-state index contributed by atoms with van der Waals surface area (Å²) in [6, 6.07) is -0.660. The number of nitrogens with one attached hydrogen (secondary N) is 1. The molecule has 3 atom stereocenters. The number of amides is 1. The first kappa shape index (κ1) is 60.1. The van der Waals surface area contributed by atoms with Crippen LogP contribution in [-0.2, 0) is 4.79 Å². The van der Waals surface area contributed by atoms with Crippen molar-refractivity contribution in [3.63, 3.8) is 0 Å². The Morgan fingerprint density at radius 2 is 0.656 bits per heavy atom. The largest absolute Gasteiger partial charge is 0.394 e. The van der Waals surface area contributed by atoms with E-state index in [1.165, 1.54) is 257 Å². The maximum Gasteiger partial charge on any atom is 0.222 e. The molecule has 5 heteroatoms. The molecule has 61 heavy (non-hydrogen) atoms. The van der Waals surface area contributed by atoms with Crippen LogP contribution in [0, 0.1) is 0 Å². The number of hydrogen-bond acceptors (Lipinski definition) is 4. The molecule has 0 aromatic heterocycles. The third-order valence-corrected chi connectivity index (χ3v) is 13.3. The Bertz CT molecular complexity index is 864. The Balaban J connectivity index is 3.52. The van der Waals surface area contributed by atoms with Gasteiger partial charge in [0, 0.05) is 0 Å². The standard InChI is InChI=1S/C56H111NO4/c1-3-5-7-9-11-13-15-17-19-21-23-25-26-27-28-30-32-34-36-38-40-42-44-46-48-50-55(60)54(52-58)57-56(61)51-53(59)49-47-45-43-41-39-37-35-33-31-29-24-22-20-18-16-14-12-10-8-6-4-2/h33,35,53-55,58-60H,3-32,34,36-52H2,1-2H3,(H,57,61)/b35-33-. The fourth-order valence-electron chi connectivity index (χ4n) is 9.05. The van der Waals surface area contributed by atoms with Gasteiger partial charge < -0.3 is 20.6 Å². The molecule has 1 amide bonds. The van der Waals surface area contributed by atoms with Crippen molar-refractivity contribution < 1.29 is 20.1 Å². The number of carbonyl (C=O) groups is 1. The summed E-state index contributed by atoms with van der Waals surface area (Å²) in [6.07, 6.45) is 63.6. The molecule has 0 bridgehead atoms. The minimum atomic E-state index is -0.750. The fourth-order valence-corrected chi connectivity index (χ4v) is 9.05. The van der Waals surface area contributed by atoms with Crippen LogP contribution in [0.15, 0.2) is 12.2 Å². The van der Waals surface area contributed by atoms with Crippen LogP contribution in [0.2, 0.25) is 0 Å². The van der Waals surface area contributed by atoms with E-state index in [0.29, 0.717) is 12.8 Å². The molecule has 5 nitrogen and oxygen atoms in total. The van der Waals surface area contributed by atoms with Gasteiger partial charge in [0.1, 0.15) is 0 Å². The molecule has 3 unspecified atom stereocenters. The number of rotatable bonds is 52. The number of aliphatic hydroxyl groups is 3. The summed E-state index contributed by atoms with van der Waals surface area (Å²) in [4.78, 5) is 12.5. The van der Waals surface area contributed by atoms with Gasteiger partial charge in [0.2, 0.25) is 5.91 Å². The average molecular weight is 863 g/mol. The molecule has 0 rings (SSSR count). The van der Waals surface area contributed by atoms with Gasteiger partial charge in [-0.05, 0) is 38.5 Å². The normalized spacial score (nSPS) is 13.3. The first-order valence-electron chi connectivity index (χ1n) is 28.0. The predicted octanol–water partition coefficient (Wildman–Crippen LogP) is 17.1. The maximum atomic E-state index is 12.5. The van der Waals surface area contributed by atoms with Crippen LogP contribution in [0.25, 0.3) is 0 Å². The summed E-state index contributed by atoms with van der Waals surface area (Å²) >= 11 is 0. The quantitative estimate of drug-likeness (QED) is 0.0362. The van der Waals surface area contributed by atoms with Gasteiger partial charge in [-0.25, -0.2) is 0 Å². The minimum Gasteiger partial charge on any atom is -0.394 e. The van der Waals surface area contributed by atoms with E-state index in [2.05, 4.69) is 31.3 Å². The van der Waals surface area contributed by atoms with Gasteiger partial charge in [0.25, 0.3) is 0 Å². The van der Waals surface area contributed by atoms with Crippen molar-refractivity contribution in [2.75, 3.05) is 6.61 Å². The second-order valence-corrected chi connectivity index (χ2v) is 19.6. The lowest BCUT2D eigenvalue weighted by Crippen LogP contribution is -2.46. The molecule has 0 aliphatic heterocycles. The number of carbonyl (C=O) groups excluding carboxylic acids is 1. The summed E-state index contributed by atoms with van der Waals surface area (Å²) in [5, 5.41) is 33.6. The van der Waals surface area contributed by atoms with Gasteiger partial charge in [-0.2, -0.15) is 0 Å². The Hall–Kier alpha value is -0.910. The zero-order valence-electron chi connectivity index (χ0n) is 41.6.